The third-order valence-electron chi connectivity index (χ3n) is 3.69. The molecule has 3 nitrogen and oxygen atoms in total. The van der Waals surface area contributed by atoms with Gasteiger partial charge in [-0.05, 0) is 37.5 Å². The minimum Gasteiger partial charge on any atom is -0.294 e. The normalized spacial score (nSPS) is 14.4. The molecular weight excluding hydrogens is 272 g/mol. The van der Waals surface area contributed by atoms with Gasteiger partial charge in [-0.15, -0.1) is 0 Å². The van der Waals surface area contributed by atoms with E-state index in [1.165, 1.54) is 0 Å². The largest absolute Gasteiger partial charge is 0.294 e. The number of aryl methyl sites for hydroxylation is 1. The first kappa shape index (κ1) is 13.4. The van der Waals surface area contributed by atoms with Gasteiger partial charge in [0.15, 0.2) is 5.78 Å². The van der Waals surface area contributed by atoms with Gasteiger partial charge in [-0.2, -0.15) is 5.10 Å². The summed E-state index contributed by atoms with van der Waals surface area (Å²) in [6.45, 7) is 2.11. The molecule has 0 N–H and O–H groups in total. The van der Waals surface area contributed by atoms with E-state index in [4.69, 9.17) is 11.6 Å². The molecule has 4 heteroatoms. The number of benzene rings is 1. The zero-order valence-electron chi connectivity index (χ0n) is 11.5. The average Bonchev–Trinajstić information content (AvgIpc) is 2.80. The Bertz CT molecular complexity index is 660. The molecule has 1 aliphatic carbocycles. The lowest BCUT2D eigenvalue weighted by molar-refractivity contribution is 0.0971. The summed E-state index contributed by atoms with van der Waals surface area (Å²) in [6.07, 6.45) is 4.30. The molecule has 104 valence electrons. The Morgan fingerprint density at radius 2 is 2.20 bits per heavy atom. The highest BCUT2D eigenvalue weighted by molar-refractivity contribution is 6.30. The summed E-state index contributed by atoms with van der Waals surface area (Å²) in [5.41, 5.74) is 3.78. The van der Waals surface area contributed by atoms with Gasteiger partial charge in [0.25, 0.3) is 0 Å². The van der Waals surface area contributed by atoms with E-state index in [-0.39, 0.29) is 5.78 Å². The molecule has 0 fully saturated rings. The Labute approximate surface area is 123 Å². The number of nitrogens with zero attached hydrogens (tertiary/aromatic N) is 2. The number of aromatic nitrogens is 2. The zero-order valence-corrected chi connectivity index (χ0v) is 12.3. The molecule has 0 saturated carbocycles. The van der Waals surface area contributed by atoms with Crippen molar-refractivity contribution in [2.24, 2.45) is 0 Å². The van der Waals surface area contributed by atoms with Gasteiger partial charge in [-0.1, -0.05) is 31.0 Å². The van der Waals surface area contributed by atoms with Crippen molar-refractivity contribution in [3.8, 4) is 5.69 Å². The monoisotopic (exact) mass is 288 g/mol. The van der Waals surface area contributed by atoms with Crippen molar-refractivity contribution in [1.29, 1.82) is 0 Å². The first-order valence-corrected chi connectivity index (χ1v) is 7.48. The van der Waals surface area contributed by atoms with Gasteiger partial charge < -0.3 is 0 Å². The lowest BCUT2D eigenvalue weighted by Crippen LogP contribution is -2.13. The van der Waals surface area contributed by atoms with Gasteiger partial charge in [0.2, 0.25) is 0 Å². The van der Waals surface area contributed by atoms with Gasteiger partial charge in [0.05, 0.1) is 22.6 Å². The SMILES string of the molecule is CCCc1nn(-c2cccc(Cl)c2)c2c1C(=O)CCC2. The van der Waals surface area contributed by atoms with Gasteiger partial charge in [0.1, 0.15) is 0 Å². The third-order valence-corrected chi connectivity index (χ3v) is 3.92. The predicted octanol–water partition coefficient (Wildman–Crippen LogP) is 4.00. The summed E-state index contributed by atoms with van der Waals surface area (Å²) < 4.78 is 1.91. The van der Waals surface area contributed by atoms with E-state index in [2.05, 4.69) is 12.0 Å². The number of hydrogen-bond donors (Lipinski definition) is 0. The first-order chi connectivity index (χ1) is 9.70. The molecule has 0 aliphatic heterocycles. The molecule has 1 aliphatic rings. The summed E-state index contributed by atoms with van der Waals surface area (Å²) in [5.74, 6) is 0.239. The molecule has 0 amide bonds. The number of ketones is 1. The van der Waals surface area contributed by atoms with E-state index in [9.17, 15) is 4.79 Å². The van der Waals surface area contributed by atoms with Crippen molar-refractivity contribution in [1.82, 2.24) is 9.78 Å². The summed E-state index contributed by atoms with van der Waals surface area (Å²) in [6, 6.07) is 7.63. The van der Waals surface area contributed by atoms with E-state index in [0.29, 0.717) is 11.4 Å². The number of Topliss-reactive ketones (excluding diaryl/α,β-unsaturated/α-hetero) is 1. The van der Waals surface area contributed by atoms with Crippen LogP contribution in [-0.4, -0.2) is 15.6 Å². The Morgan fingerprint density at radius 3 is 2.95 bits per heavy atom. The Kier molecular flexibility index (Phi) is 3.62. The minimum atomic E-state index is 0.239. The highest BCUT2D eigenvalue weighted by atomic mass is 35.5. The van der Waals surface area contributed by atoms with E-state index >= 15 is 0 Å². The van der Waals surface area contributed by atoms with E-state index in [1.807, 2.05) is 28.9 Å². The van der Waals surface area contributed by atoms with Crippen LogP contribution in [0.4, 0.5) is 0 Å². The quantitative estimate of drug-likeness (QED) is 0.856. The van der Waals surface area contributed by atoms with Crippen molar-refractivity contribution in [3.63, 3.8) is 0 Å². The molecule has 3 rings (SSSR count). The van der Waals surface area contributed by atoms with Crippen LogP contribution in [0.2, 0.25) is 5.02 Å². The molecule has 0 saturated heterocycles. The number of rotatable bonds is 3. The van der Waals surface area contributed by atoms with Crippen LogP contribution in [0.1, 0.15) is 47.9 Å². The van der Waals surface area contributed by atoms with Gasteiger partial charge in [-0.3, -0.25) is 4.79 Å². The van der Waals surface area contributed by atoms with Crippen molar-refractivity contribution in [2.75, 3.05) is 0 Å². The summed E-state index contributed by atoms with van der Waals surface area (Å²) >= 11 is 6.07. The van der Waals surface area contributed by atoms with Crippen LogP contribution in [0.15, 0.2) is 24.3 Å². The van der Waals surface area contributed by atoms with E-state index in [1.54, 1.807) is 0 Å². The van der Waals surface area contributed by atoms with Crippen LogP contribution in [0.25, 0.3) is 5.69 Å². The van der Waals surface area contributed by atoms with Crippen LogP contribution in [0.5, 0.6) is 0 Å². The Hall–Kier alpha value is -1.61. The van der Waals surface area contributed by atoms with Crippen molar-refractivity contribution in [2.45, 2.75) is 39.0 Å². The van der Waals surface area contributed by atoms with Crippen molar-refractivity contribution < 1.29 is 4.79 Å². The van der Waals surface area contributed by atoms with Gasteiger partial charge >= 0.3 is 0 Å². The maximum atomic E-state index is 12.2. The topological polar surface area (TPSA) is 34.9 Å². The van der Waals surface area contributed by atoms with E-state index < -0.39 is 0 Å². The second kappa shape index (κ2) is 5.41. The third kappa shape index (κ3) is 2.27. The maximum Gasteiger partial charge on any atom is 0.166 e. The molecule has 0 unspecified atom stereocenters. The molecule has 20 heavy (non-hydrogen) atoms. The zero-order chi connectivity index (χ0) is 14.1. The molecule has 0 radical (unpaired) electrons. The molecule has 1 aromatic carbocycles. The molecule has 1 heterocycles. The second-order valence-electron chi connectivity index (χ2n) is 5.19. The van der Waals surface area contributed by atoms with Crippen molar-refractivity contribution in [3.05, 3.63) is 46.2 Å². The Balaban J connectivity index is 2.16. The van der Waals surface area contributed by atoms with Crippen LogP contribution in [0.3, 0.4) is 0 Å². The van der Waals surface area contributed by atoms with Gasteiger partial charge in [0, 0.05) is 11.4 Å². The van der Waals surface area contributed by atoms with Gasteiger partial charge in [-0.25, -0.2) is 4.68 Å². The maximum absolute atomic E-state index is 12.2. The number of hydrogen-bond acceptors (Lipinski definition) is 2. The van der Waals surface area contributed by atoms with Crippen molar-refractivity contribution >= 4 is 17.4 Å². The van der Waals surface area contributed by atoms with Crippen LogP contribution >= 0.6 is 11.6 Å². The second-order valence-corrected chi connectivity index (χ2v) is 5.62. The molecule has 2 aromatic rings. The number of fused-ring (bicyclic) bond motifs is 1. The summed E-state index contributed by atoms with van der Waals surface area (Å²) in [7, 11) is 0. The summed E-state index contributed by atoms with van der Waals surface area (Å²) in [5, 5.41) is 5.37. The fraction of sp³-hybridized carbons (Fsp3) is 0.375. The molecular formula is C16H17ClN2O. The minimum absolute atomic E-state index is 0.239. The lowest BCUT2D eigenvalue weighted by Gasteiger charge is -2.13. The van der Waals surface area contributed by atoms with Crippen LogP contribution in [0, 0.1) is 0 Å². The number of halogens is 1. The Morgan fingerprint density at radius 1 is 1.35 bits per heavy atom. The predicted molar refractivity (Wildman–Crippen MR) is 79.8 cm³/mol. The summed E-state index contributed by atoms with van der Waals surface area (Å²) in [4.78, 5) is 12.2. The van der Waals surface area contributed by atoms with E-state index in [0.717, 1.165) is 48.3 Å². The molecule has 0 bridgehead atoms. The number of carbonyl (C=O) groups is 1. The highest BCUT2D eigenvalue weighted by Gasteiger charge is 2.26. The fourth-order valence-corrected chi connectivity index (χ4v) is 3.02. The molecule has 1 aromatic heterocycles. The molecule has 0 spiro atoms. The first-order valence-electron chi connectivity index (χ1n) is 7.10. The fourth-order valence-electron chi connectivity index (χ4n) is 2.83. The standard InChI is InChI=1S/C16H17ClN2O/c1-2-5-13-16-14(8-4-9-15(16)20)19(18-13)12-7-3-6-11(17)10-12/h3,6-7,10H,2,4-5,8-9H2,1H3. The van der Waals surface area contributed by atoms with Crippen LogP contribution < -0.4 is 0 Å². The highest BCUT2D eigenvalue weighted by Crippen LogP contribution is 2.28. The molecule has 0 atom stereocenters. The van der Waals surface area contributed by atoms with Crippen LogP contribution in [-0.2, 0) is 12.8 Å². The number of carbonyl (C=O) groups excluding carboxylic acids is 1. The lowest BCUT2D eigenvalue weighted by atomic mass is 9.93. The average molecular weight is 289 g/mol. The smallest absolute Gasteiger partial charge is 0.166 e.